The summed E-state index contributed by atoms with van der Waals surface area (Å²) in [5, 5.41) is 3.10. The Morgan fingerprint density at radius 1 is 1.22 bits per heavy atom. The first kappa shape index (κ1) is 32.9. The van der Waals surface area contributed by atoms with Gasteiger partial charge in [-0.3, -0.25) is 19.2 Å². The molecule has 6 rings (SSSR count). The molecule has 5 aliphatic rings. The van der Waals surface area contributed by atoms with E-state index in [1.807, 2.05) is 11.0 Å². The summed E-state index contributed by atoms with van der Waals surface area (Å²) < 4.78 is 19.0. The van der Waals surface area contributed by atoms with Gasteiger partial charge in [0.05, 0.1) is 19.1 Å². The van der Waals surface area contributed by atoms with Crippen molar-refractivity contribution in [1.29, 1.82) is 0 Å². The van der Waals surface area contributed by atoms with Crippen LogP contribution in [-0.4, -0.2) is 53.7 Å². The number of carbonyl (C=O) groups is 4. The van der Waals surface area contributed by atoms with E-state index in [2.05, 4.69) is 46.5 Å². The van der Waals surface area contributed by atoms with Crippen LogP contribution in [0.15, 0.2) is 24.8 Å². The molecule has 2 saturated heterocycles. The van der Waals surface area contributed by atoms with Gasteiger partial charge in [-0.1, -0.05) is 53.3 Å². The van der Waals surface area contributed by atoms with Crippen LogP contribution in [0.2, 0.25) is 0 Å². The molecule has 3 saturated carbocycles. The molecule has 1 N–H and O–H groups in total. The predicted molar refractivity (Wildman–Crippen MR) is 174 cm³/mol. The highest BCUT2D eigenvalue weighted by Gasteiger charge is 2.70. The summed E-state index contributed by atoms with van der Waals surface area (Å²) in [5.41, 5.74) is 1.45. The zero-order valence-electron chi connectivity index (χ0n) is 28.4. The van der Waals surface area contributed by atoms with Crippen molar-refractivity contribution in [2.45, 2.75) is 97.6 Å². The van der Waals surface area contributed by atoms with E-state index in [1.54, 1.807) is 6.08 Å². The van der Waals surface area contributed by atoms with Crippen LogP contribution in [0.4, 0.5) is 4.39 Å². The molecule has 2 aliphatic heterocycles. The fourth-order valence-electron chi connectivity index (χ4n) is 9.35. The predicted octanol–water partition coefficient (Wildman–Crippen LogP) is 5.99. The van der Waals surface area contributed by atoms with E-state index in [0.29, 0.717) is 25.3 Å². The molecule has 2 amide bonds. The summed E-state index contributed by atoms with van der Waals surface area (Å²) in [4.78, 5) is 56.0. The molecule has 0 aromatic heterocycles. The normalized spacial score (nSPS) is 31.1. The van der Waals surface area contributed by atoms with Crippen molar-refractivity contribution in [2.75, 3.05) is 13.7 Å². The number of esters is 1. The van der Waals surface area contributed by atoms with Gasteiger partial charge in [0, 0.05) is 30.3 Å². The Kier molecular flexibility index (Phi) is 8.29. The number of benzene rings is 1. The Morgan fingerprint density at radius 3 is 2.54 bits per heavy atom. The summed E-state index contributed by atoms with van der Waals surface area (Å²) in [6.07, 6.45) is 6.96. The second-order valence-electron chi connectivity index (χ2n) is 16.8. The smallest absolute Gasteiger partial charge is 0.308 e. The molecule has 46 heavy (non-hydrogen) atoms. The lowest BCUT2D eigenvalue weighted by atomic mass is 9.75. The van der Waals surface area contributed by atoms with Gasteiger partial charge < -0.3 is 15.0 Å². The van der Waals surface area contributed by atoms with Crippen molar-refractivity contribution in [3.8, 4) is 0 Å². The minimum atomic E-state index is -0.534. The quantitative estimate of drug-likeness (QED) is 0.285. The molecular weight excluding hydrogens is 583 g/mol. The number of rotatable bonds is 12. The summed E-state index contributed by atoms with van der Waals surface area (Å²) in [6.45, 7) is 15.2. The van der Waals surface area contributed by atoms with Crippen LogP contribution in [-0.2, 0) is 30.3 Å². The number of methoxy groups -OCH3 is 1. The molecule has 1 aromatic rings. The number of nitrogens with one attached hydrogen (secondary N) is 1. The number of hydrogen-bond acceptors (Lipinski definition) is 5. The number of ether oxygens (including phenoxy) is 1. The minimum absolute atomic E-state index is 0.000359. The topological polar surface area (TPSA) is 92.8 Å². The first-order valence-corrected chi connectivity index (χ1v) is 17.2. The van der Waals surface area contributed by atoms with Gasteiger partial charge in [0.15, 0.2) is 5.78 Å². The molecule has 2 unspecified atom stereocenters. The van der Waals surface area contributed by atoms with E-state index >= 15 is 0 Å². The van der Waals surface area contributed by atoms with Gasteiger partial charge in [0.2, 0.25) is 11.8 Å². The standard InChI is InChI=1S/C38H51FN2O5/c1-8-21-17-26(39)11-9-22(21)15-24-18-27(24)30(36(2,3)4)34(44)41-20-28-31(37(28,5)6)32(41)29(42)12-10-23(35(45)46-7)16-25-19-38(13-14-38)40-33(25)43/h8-9,11,17,23-25,27-28,30-32H,1,10,12-16,18-20H2,2-7H3,(H,40,43)/t23-,24?,25+,27?,28-,30+,31-,32+/m0/s1. The van der Waals surface area contributed by atoms with Crippen LogP contribution >= 0.6 is 0 Å². The number of carbonyl (C=O) groups excluding carboxylic acids is 4. The average molecular weight is 635 g/mol. The number of hydrogen-bond donors (Lipinski definition) is 1. The van der Waals surface area contributed by atoms with Crippen LogP contribution in [0.5, 0.6) is 0 Å². The Bertz CT molecular complexity index is 1440. The molecule has 250 valence electrons. The molecule has 8 heteroatoms. The number of fused-ring (bicyclic) bond motifs is 1. The van der Waals surface area contributed by atoms with Crippen LogP contribution in [0.25, 0.3) is 6.08 Å². The maximum atomic E-state index is 14.5. The van der Waals surface area contributed by atoms with Crippen LogP contribution in [0, 0.1) is 58.1 Å². The monoisotopic (exact) mass is 634 g/mol. The second kappa shape index (κ2) is 11.6. The van der Waals surface area contributed by atoms with Gasteiger partial charge in [-0.25, -0.2) is 4.39 Å². The van der Waals surface area contributed by atoms with E-state index in [4.69, 9.17) is 4.74 Å². The number of nitrogens with zero attached hydrogens (tertiary/aromatic N) is 1. The fraction of sp³-hybridized carbons (Fsp3) is 0.684. The SMILES string of the molecule is C=Cc1cc(F)ccc1CC1CC1[C@H](C(=O)N1C[C@H]2[C@@H]([C@H]1C(=O)CC[C@@H](C[C@@H]1CC3(CC3)NC1=O)C(=O)OC)C2(C)C)C(C)(C)C. The Balaban J connectivity index is 1.15. The van der Waals surface area contributed by atoms with Crippen molar-refractivity contribution < 1.29 is 28.3 Å². The highest BCUT2D eigenvalue weighted by atomic mass is 19.1. The van der Waals surface area contributed by atoms with Crippen LogP contribution in [0.1, 0.15) is 90.7 Å². The van der Waals surface area contributed by atoms with Crippen molar-refractivity contribution >= 4 is 29.6 Å². The summed E-state index contributed by atoms with van der Waals surface area (Å²) in [7, 11) is 1.36. The van der Waals surface area contributed by atoms with Gasteiger partial charge in [0.1, 0.15) is 5.82 Å². The second-order valence-corrected chi connectivity index (χ2v) is 16.8. The molecular formula is C38H51FN2O5. The first-order valence-electron chi connectivity index (χ1n) is 17.2. The molecule has 5 fully saturated rings. The van der Waals surface area contributed by atoms with Crippen molar-refractivity contribution in [3.05, 3.63) is 41.7 Å². The molecule has 8 atom stereocenters. The third-order valence-electron chi connectivity index (χ3n) is 12.3. The van der Waals surface area contributed by atoms with Crippen molar-refractivity contribution in [1.82, 2.24) is 10.2 Å². The third-order valence-corrected chi connectivity index (χ3v) is 12.3. The summed E-state index contributed by atoms with van der Waals surface area (Å²) >= 11 is 0. The first-order chi connectivity index (χ1) is 21.6. The van der Waals surface area contributed by atoms with Crippen molar-refractivity contribution in [3.63, 3.8) is 0 Å². The van der Waals surface area contributed by atoms with Crippen LogP contribution < -0.4 is 5.32 Å². The Hall–Kier alpha value is -3.03. The number of piperidine rings is 1. The van der Waals surface area contributed by atoms with Crippen LogP contribution in [0.3, 0.4) is 0 Å². The maximum Gasteiger partial charge on any atom is 0.308 e. The number of amides is 2. The molecule has 2 heterocycles. The summed E-state index contributed by atoms with van der Waals surface area (Å²) in [5.74, 6) is -0.714. The number of ketones is 1. The lowest BCUT2D eigenvalue weighted by molar-refractivity contribution is -0.148. The number of likely N-dealkylation sites (tertiary alicyclic amines) is 1. The zero-order valence-corrected chi connectivity index (χ0v) is 28.4. The van der Waals surface area contributed by atoms with E-state index in [9.17, 15) is 23.6 Å². The van der Waals surface area contributed by atoms with E-state index < -0.39 is 12.0 Å². The Labute approximate surface area is 273 Å². The van der Waals surface area contributed by atoms with E-state index in [-0.39, 0.29) is 81.8 Å². The lowest BCUT2D eigenvalue weighted by Gasteiger charge is -2.38. The third kappa shape index (κ3) is 6.06. The zero-order chi connectivity index (χ0) is 33.3. The van der Waals surface area contributed by atoms with Gasteiger partial charge in [-0.2, -0.15) is 0 Å². The lowest BCUT2D eigenvalue weighted by Crippen LogP contribution is -2.50. The largest absolute Gasteiger partial charge is 0.469 e. The fourth-order valence-corrected chi connectivity index (χ4v) is 9.35. The average Bonchev–Trinajstić information content (AvgIpc) is 3.92. The number of Topliss-reactive ketones (excluding diaryl/α,β-unsaturated/α-hetero) is 1. The van der Waals surface area contributed by atoms with Gasteiger partial charge in [-0.15, -0.1) is 0 Å². The molecule has 0 bridgehead atoms. The minimum Gasteiger partial charge on any atom is -0.469 e. The van der Waals surface area contributed by atoms with Gasteiger partial charge in [0.25, 0.3) is 0 Å². The molecule has 1 aromatic carbocycles. The van der Waals surface area contributed by atoms with E-state index in [1.165, 1.54) is 19.2 Å². The summed E-state index contributed by atoms with van der Waals surface area (Å²) in [6, 6.07) is 4.32. The molecule has 7 nitrogen and oxygen atoms in total. The molecule has 0 radical (unpaired) electrons. The highest BCUT2D eigenvalue weighted by Crippen LogP contribution is 2.66. The Morgan fingerprint density at radius 2 is 1.93 bits per heavy atom. The molecule has 3 aliphatic carbocycles. The van der Waals surface area contributed by atoms with E-state index in [0.717, 1.165) is 43.2 Å². The molecule has 1 spiro atoms. The van der Waals surface area contributed by atoms with Gasteiger partial charge >= 0.3 is 5.97 Å². The van der Waals surface area contributed by atoms with Crippen molar-refractivity contribution in [2.24, 2.45) is 52.3 Å². The maximum absolute atomic E-state index is 14.5. The number of halogens is 1. The van der Waals surface area contributed by atoms with Gasteiger partial charge in [-0.05, 0) is 103 Å². The highest BCUT2D eigenvalue weighted by molar-refractivity contribution is 5.92.